The van der Waals surface area contributed by atoms with Crippen molar-refractivity contribution in [1.82, 2.24) is 4.57 Å². The zero-order valence-electron chi connectivity index (χ0n) is 30.7. The fraction of sp³-hybridized carbons (Fsp3) is 0. The van der Waals surface area contributed by atoms with Crippen molar-refractivity contribution in [2.75, 3.05) is 4.90 Å². The van der Waals surface area contributed by atoms with Gasteiger partial charge >= 0.3 is 0 Å². The third kappa shape index (κ3) is 5.26. The molecule has 10 aromatic carbocycles. The lowest BCUT2D eigenvalue weighted by Crippen LogP contribution is -2.10. The van der Waals surface area contributed by atoms with E-state index in [0.29, 0.717) is 0 Å². The summed E-state index contributed by atoms with van der Waals surface area (Å²) in [5.41, 5.74) is 11.7. The Morgan fingerprint density at radius 3 is 1.68 bits per heavy atom. The molecule has 2 nitrogen and oxygen atoms in total. The SMILES string of the molecule is c1ccc(-c2cccc(N(c3ccc(-c4ccc(-n5c6ccccc6c6c7ccccc7ccc65)cc4)cc3)c3cc4ccccc4c4ccccc34)c2)cc1. The molecule has 0 radical (unpaired) electrons. The number of hydrogen-bond donors (Lipinski definition) is 0. The Bertz CT molecular complexity index is 3230. The van der Waals surface area contributed by atoms with Crippen LogP contribution >= 0.6 is 0 Å². The van der Waals surface area contributed by atoms with Crippen LogP contribution in [0.2, 0.25) is 0 Å². The van der Waals surface area contributed by atoms with Gasteiger partial charge in [-0.25, -0.2) is 0 Å². The average Bonchev–Trinajstić information content (AvgIpc) is 3.62. The highest BCUT2D eigenvalue weighted by molar-refractivity contribution is 6.21. The number of anilines is 3. The lowest BCUT2D eigenvalue weighted by atomic mass is 9.98. The first-order valence-corrected chi connectivity index (χ1v) is 19.3. The quantitative estimate of drug-likeness (QED) is 0.156. The molecule has 0 saturated carbocycles. The third-order valence-electron chi connectivity index (χ3n) is 11.3. The van der Waals surface area contributed by atoms with Gasteiger partial charge in [0.25, 0.3) is 0 Å². The van der Waals surface area contributed by atoms with Crippen molar-refractivity contribution in [3.63, 3.8) is 0 Å². The van der Waals surface area contributed by atoms with Crippen LogP contribution in [0.15, 0.2) is 218 Å². The molecule has 0 fully saturated rings. The molecule has 0 amide bonds. The van der Waals surface area contributed by atoms with Crippen LogP contribution in [0.3, 0.4) is 0 Å². The zero-order valence-corrected chi connectivity index (χ0v) is 30.7. The summed E-state index contributed by atoms with van der Waals surface area (Å²) < 4.78 is 2.40. The molecular weight excluding hydrogens is 677 g/mol. The maximum atomic E-state index is 2.42. The van der Waals surface area contributed by atoms with E-state index in [1.54, 1.807) is 0 Å². The monoisotopic (exact) mass is 712 g/mol. The van der Waals surface area contributed by atoms with E-state index in [2.05, 4.69) is 228 Å². The summed E-state index contributed by atoms with van der Waals surface area (Å²) in [6, 6.07) is 79.4. The smallest absolute Gasteiger partial charge is 0.0547 e. The van der Waals surface area contributed by atoms with E-state index < -0.39 is 0 Å². The van der Waals surface area contributed by atoms with Gasteiger partial charge in [0.2, 0.25) is 0 Å². The van der Waals surface area contributed by atoms with Crippen LogP contribution in [0.1, 0.15) is 0 Å². The molecule has 0 aliphatic heterocycles. The molecule has 56 heavy (non-hydrogen) atoms. The molecule has 2 heteroatoms. The molecule has 0 atom stereocenters. The Balaban J connectivity index is 1.02. The largest absolute Gasteiger partial charge is 0.310 e. The van der Waals surface area contributed by atoms with E-state index in [1.807, 2.05) is 0 Å². The van der Waals surface area contributed by atoms with Crippen LogP contribution in [0.5, 0.6) is 0 Å². The molecule has 1 heterocycles. The second-order valence-electron chi connectivity index (χ2n) is 14.5. The molecule has 0 bridgehead atoms. The van der Waals surface area contributed by atoms with Crippen molar-refractivity contribution >= 4 is 71.2 Å². The van der Waals surface area contributed by atoms with Crippen LogP contribution < -0.4 is 4.90 Å². The van der Waals surface area contributed by atoms with Gasteiger partial charge in [-0.3, -0.25) is 0 Å². The number of nitrogens with zero attached hydrogens (tertiary/aromatic N) is 2. The van der Waals surface area contributed by atoms with Crippen molar-refractivity contribution < 1.29 is 0 Å². The minimum atomic E-state index is 1.11. The maximum absolute atomic E-state index is 2.42. The number of fused-ring (bicyclic) bond motifs is 8. The van der Waals surface area contributed by atoms with E-state index >= 15 is 0 Å². The summed E-state index contributed by atoms with van der Waals surface area (Å²) in [5.74, 6) is 0. The molecule has 0 aliphatic rings. The summed E-state index contributed by atoms with van der Waals surface area (Å²) in [5, 5.41) is 10.1. The standard InChI is InChI=1S/C54H36N2/c1-2-13-37(14-3-1)41-17-12-18-45(35-41)55(53-36-42-16-5-6-19-46(42)48-21-8-9-22-49(48)53)43-30-25-38(26-31-43)39-27-32-44(33-28-39)56-51-24-11-10-23-50(51)54-47-20-7-4-15-40(47)29-34-52(54)56/h1-36H. The number of aromatic nitrogens is 1. The highest BCUT2D eigenvalue weighted by Crippen LogP contribution is 2.43. The van der Waals surface area contributed by atoms with Gasteiger partial charge in [0.1, 0.15) is 0 Å². The number of para-hydroxylation sites is 1. The Morgan fingerprint density at radius 2 is 0.893 bits per heavy atom. The molecule has 0 unspecified atom stereocenters. The highest BCUT2D eigenvalue weighted by atomic mass is 15.1. The van der Waals surface area contributed by atoms with Crippen LogP contribution in [0, 0.1) is 0 Å². The molecule has 0 spiro atoms. The molecule has 0 saturated heterocycles. The summed E-state index contributed by atoms with van der Waals surface area (Å²) in [6.07, 6.45) is 0. The summed E-state index contributed by atoms with van der Waals surface area (Å²) in [6.45, 7) is 0. The third-order valence-corrected chi connectivity index (χ3v) is 11.3. The van der Waals surface area contributed by atoms with Crippen molar-refractivity contribution in [3.8, 4) is 27.9 Å². The van der Waals surface area contributed by atoms with Gasteiger partial charge < -0.3 is 9.47 Å². The van der Waals surface area contributed by atoms with E-state index in [0.717, 1.165) is 22.7 Å². The maximum Gasteiger partial charge on any atom is 0.0547 e. The fourth-order valence-corrected chi connectivity index (χ4v) is 8.73. The summed E-state index contributed by atoms with van der Waals surface area (Å²) in [7, 11) is 0. The van der Waals surface area contributed by atoms with Crippen molar-refractivity contribution in [2.24, 2.45) is 0 Å². The summed E-state index contributed by atoms with van der Waals surface area (Å²) in [4.78, 5) is 2.42. The lowest BCUT2D eigenvalue weighted by molar-refractivity contribution is 1.18. The van der Waals surface area contributed by atoms with Gasteiger partial charge in [-0.1, -0.05) is 164 Å². The second kappa shape index (κ2) is 13.2. The second-order valence-corrected chi connectivity index (χ2v) is 14.5. The lowest BCUT2D eigenvalue weighted by Gasteiger charge is -2.28. The van der Waals surface area contributed by atoms with Gasteiger partial charge in [0.05, 0.1) is 16.7 Å². The van der Waals surface area contributed by atoms with Crippen LogP contribution in [0.4, 0.5) is 17.1 Å². The first-order chi connectivity index (χ1) is 27.8. The first kappa shape index (κ1) is 32.0. The number of hydrogen-bond acceptors (Lipinski definition) is 1. The van der Waals surface area contributed by atoms with Crippen LogP contribution in [-0.4, -0.2) is 4.57 Å². The van der Waals surface area contributed by atoms with Gasteiger partial charge in [-0.05, 0) is 104 Å². The molecule has 262 valence electrons. The molecule has 11 aromatic rings. The van der Waals surface area contributed by atoms with E-state index in [4.69, 9.17) is 0 Å². The Kier molecular flexibility index (Phi) is 7.53. The molecule has 1 aromatic heterocycles. The Morgan fingerprint density at radius 1 is 0.304 bits per heavy atom. The first-order valence-electron chi connectivity index (χ1n) is 19.3. The van der Waals surface area contributed by atoms with Crippen molar-refractivity contribution in [1.29, 1.82) is 0 Å². The molecule has 0 aliphatic carbocycles. The van der Waals surface area contributed by atoms with E-state index in [9.17, 15) is 0 Å². The average molecular weight is 713 g/mol. The number of benzene rings is 10. The summed E-state index contributed by atoms with van der Waals surface area (Å²) >= 11 is 0. The normalized spacial score (nSPS) is 11.6. The minimum absolute atomic E-state index is 1.11. The van der Waals surface area contributed by atoms with Gasteiger partial charge in [-0.15, -0.1) is 0 Å². The highest BCUT2D eigenvalue weighted by Gasteiger charge is 2.19. The Hall–Kier alpha value is -7.42. The fourth-order valence-electron chi connectivity index (χ4n) is 8.73. The molecule has 0 N–H and O–H groups in total. The molecular formula is C54H36N2. The van der Waals surface area contributed by atoms with E-state index in [1.165, 1.54) is 76.4 Å². The predicted molar refractivity (Wildman–Crippen MR) is 239 cm³/mol. The Labute approximate surface area is 325 Å². The van der Waals surface area contributed by atoms with Gasteiger partial charge in [0, 0.05) is 33.2 Å². The van der Waals surface area contributed by atoms with E-state index in [-0.39, 0.29) is 0 Å². The number of rotatable bonds is 6. The topological polar surface area (TPSA) is 8.17 Å². The van der Waals surface area contributed by atoms with Crippen LogP contribution in [-0.2, 0) is 0 Å². The zero-order chi connectivity index (χ0) is 37.0. The van der Waals surface area contributed by atoms with Gasteiger partial charge in [0.15, 0.2) is 0 Å². The van der Waals surface area contributed by atoms with Gasteiger partial charge in [-0.2, -0.15) is 0 Å². The van der Waals surface area contributed by atoms with Crippen molar-refractivity contribution in [3.05, 3.63) is 218 Å². The predicted octanol–water partition coefficient (Wildman–Crippen LogP) is 15.0. The van der Waals surface area contributed by atoms with Crippen molar-refractivity contribution in [2.45, 2.75) is 0 Å². The minimum Gasteiger partial charge on any atom is -0.310 e. The van der Waals surface area contributed by atoms with Crippen LogP contribution in [0.25, 0.3) is 82.1 Å². The molecule has 11 rings (SSSR count).